The molecule has 2 aromatic carbocycles. The van der Waals surface area contributed by atoms with E-state index >= 15 is 0 Å². The molecule has 0 atom stereocenters. The molecule has 3 aromatic rings. The highest BCUT2D eigenvalue weighted by atomic mass is 32.2. The van der Waals surface area contributed by atoms with Gasteiger partial charge in [0.15, 0.2) is 11.5 Å². The summed E-state index contributed by atoms with van der Waals surface area (Å²) in [4.78, 5) is 14.9. The van der Waals surface area contributed by atoms with Crippen LogP contribution in [0.15, 0.2) is 52.2 Å². The molecule has 3 rings (SSSR count). The molecule has 1 heterocycles. The van der Waals surface area contributed by atoms with Gasteiger partial charge in [0.1, 0.15) is 5.82 Å². The number of nitrogens with one attached hydrogen (secondary N) is 2. The van der Waals surface area contributed by atoms with Gasteiger partial charge in [-0.3, -0.25) is 4.79 Å². The predicted octanol–water partition coefficient (Wildman–Crippen LogP) is 2.16. The molecule has 0 amide bonds. The van der Waals surface area contributed by atoms with Crippen molar-refractivity contribution in [2.24, 2.45) is 0 Å². The Bertz CT molecular complexity index is 1140. The number of sulfonamides is 1. The second-order valence-corrected chi connectivity index (χ2v) is 7.46. The monoisotopic (exact) mass is 392 g/mol. The van der Waals surface area contributed by atoms with Crippen molar-refractivity contribution in [3.05, 3.63) is 64.2 Å². The van der Waals surface area contributed by atoms with Crippen LogP contribution in [0.5, 0.6) is 11.5 Å². The third-order valence-electron chi connectivity index (χ3n) is 4.00. The predicted molar refractivity (Wildman–Crippen MR) is 98.1 cm³/mol. The van der Waals surface area contributed by atoms with Crippen molar-refractivity contribution >= 4 is 20.9 Å². The van der Waals surface area contributed by atoms with E-state index in [1.807, 2.05) is 0 Å². The third-order valence-corrected chi connectivity index (χ3v) is 5.42. The molecule has 0 saturated carbocycles. The highest BCUT2D eigenvalue weighted by Gasteiger charge is 2.15. The lowest BCUT2D eigenvalue weighted by atomic mass is 10.1. The van der Waals surface area contributed by atoms with Gasteiger partial charge in [0.25, 0.3) is 5.56 Å². The van der Waals surface area contributed by atoms with Gasteiger partial charge >= 0.3 is 0 Å². The Labute approximate surface area is 154 Å². The van der Waals surface area contributed by atoms with Crippen LogP contribution in [0.3, 0.4) is 0 Å². The molecule has 0 bridgehead atoms. The van der Waals surface area contributed by atoms with E-state index in [0.717, 1.165) is 24.3 Å². The molecule has 0 unspecified atom stereocenters. The smallest absolute Gasteiger partial charge is 0.252 e. The molecule has 27 heavy (non-hydrogen) atoms. The van der Waals surface area contributed by atoms with Crippen molar-refractivity contribution in [2.45, 2.75) is 11.4 Å². The van der Waals surface area contributed by atoms with E-state index in [1.54, 1.807) is 18.2 Å². The lowest BCUT2D eigenvalue weighted by Crippen LogP contribution is -2.27. The fourth-order valence-corrected chi connectivity index (χ4v) is 3.59. The average Bonchev–Trinajstić information content (AvgIpc) is 2.65. The molecule has 1 aromatic heterocycles. The molecular weight excluding hydrogens is 375 g/mol. The Morgan fingerprint density at radius 1 is 1.04 bits per heavy atom. The Hall–Kier alpha value is -2.91. The number of ether oxygens (including phenoxy) is 2. The number of benzene rings is 2. The molecule has 0 aliphatic rings. The Kier molecular flexibility index (Phi) is 5.15. The molecule has 9 heteroatoms. The van der Waals surface area contributed by atoms with Gasteiger partial charge in [-0.05, 0) is 36.4 Å². The summed E-state index contributed by atoms with van der Waals surface area (Å²) >= 11 is 0. The molecule has 7 nitrogen and oxygen atoms in total. The van der Waals surface area contributed by atoms with E-state index in [1.165, 1.54) is 14.2 Å². The fraction of sp³-hybridized carbons (Fsp3) is 0.167. The van der Waals surface area contributed by atoms with Gasteiger partial charge in [-0.1, -0.05) is 0 Å². The van der Waals surface area contributed by atoms with Crippen molar-refractivity contribution in [1.29, 1.82) is 0 Å². The van der Waals surface area contributed by atoms with Gasteiger partial charge in [0.2, 0.25) is 10.0 Å². The maximum atomic E-state index is 13.0. The number of rotatable bonds is 6. The van der Waals surface area contributed by atoms with Crippen LogP contribution in [0.4, 0.5) is 4.39 Å². The summed E-state index contributed by atoms with van der Waals surface area (Å²) in [5.74, 6) is 0.407. The van der Waals surface area contributed by atoms with Gasteiger partial charge in [-0.15, -0.1) is 0 Å². The highest BCUT2D eigenvalue weighted by molar-refractivity contribution is 7.89. The van der Waals surface area contributed by atoms with Crippen LogP contribution in [0.2, 0.25) is 0 Å². The minimum absolute atomic E-state index is 0.0903. The summed E-state index contributed by atoms with van der Waals surface area (Å²) < 4.78 is 50.3. The van der Waals surface area contributed by atoms with Crippen molar-refractivity contribution in [3.8, 4) is 11.5 Å². The van der Waals surface area contributed by atoms with Crippen LogP contribution in [0, 0.1) is 5.82 Å². The molecule has 0 saturated heterocycles. The zero-order valence-corrected chi connectivity index (χ0v) is 15.4. The van der Waals surface area contributed by atoms with Crippen LogP contribution in [-0.2, 0) is 16.6 Å². The molecule has 142 valence electrons. The van der Waals surface area contributed by atoms with E-state index < -0.39 is 21.4 Å². The van der Waals surface area contributed by atoms with Crippen molar-refractivity contribution in [1.82, 2.24) is 9.71 Å². The number of halogens is 1. The second kappa shape index (κ2) is 7.37. The average molecular weight is 392 g/mol. The summed E-state index contributed by atoms with van der Waals surface area (Å²) in [7, 11) is -0.903. The molecule has 0 aliphatic heterocycles. The van der Waals surface area contributed by atoms with Gasteiger partial charge in [-0.2, -0.15) is 0 Å². The first-order valence-corrected chi connectivity index (χ1v) is 9.35. The molecular formula is C18H17FN2O5S. The number of fused-ring (bicyclic) bond motifs is 1. The second-order valence-electron chi connectivity index (χ2n) is 5.70. The van der Waals surface area contributed by atoms with Crippen molar-refractivity contribution < 1.29 is 22.3 Å². The number of pyridine rings is 1. The molecule has 0 radical (unpaired) electrons. The normalized spacial score (nSPS) is 11.5. The van der Waals surface area contributed by atoms with E-state index in [4.69, 9.17) is 9.47 Å². The van der Waals surface area contributed by atoms with Crippen LogP contribution >= 0.6 is 0 Å². The third kappa shape index (κ3) is 3.93. The van der Waals surface area contributed by atoms with Gasteiger partial charge in [0.05, 0.1) is 24.6 Å². The number of methoxy groups -OCH3 is 2. The Balaban J connectivity index is 1.91. The first kappa shape index (κ1) is 18.9. The maximum absolute atomic E-state index is 13.0. The van der Waals surface area contributed by atoms with E-state index in [2.05, 4.69) is 9.71 Å². The number of H-pyrrole nitrogens is 1. The number of aromatic nitrogens is 1. The molecule has 0 aliphatic carbocycles. The summed E-state index contributed by atoms with van der Waals surface area (Å²) in [6.07, 6.45) is 0. The summed E-state index contributed by atoms with van der Waals surface area (Å²) in [5, 5.41) is 0.656. The number of aromatic amines is 1. The minimum atomic E-state index is -3.88. The first-order valence-electron chi connectivity index (χ1n) is 7.87. The van der Waals surface area contributed by atoms with E-state index in [9.17, 15) is 17.6 Å². The topological polar surface area (TPSA) is 97.5 Å². The quantitative estimate of drug-likeness (QED) is 0.670. The van der Waals surface area contributed by atoms with Crippen LogP contribution in [-0.4, -0.2) is 27.6 Å². The molecule has 0 spiro atoms. The first-order chi connectivity index (χ1) is 12.8. The van der Waals surface area contributed by atoms with Gasteiger partial charge in [0, 0.05) is 23.6 Å². The van der Waals surface area contributed by atoms with Crippen LogP contribution < -0.4 is 19.8 Å². The minimum Gasteiger partial charge on any atom is -0.493 e. The van der Waals surface area contributed by atoms with Crippen LogP contribution in [0.25, 0.3) is 10.9 Å². The fourth-order valence-electron chi connectivity index (χ4n) is 2.58. The Morgan fingerprint density at radius 3 is 2.30 bits per heavy atom. The molecule has 0 fully saturated rings. The lowest BCUT2D eigenvalue weighted by molar-refractivity contribution is 0.356. The lowest BCUT2D eigenvalue weighted by Gasteiger charge is -2.10. The number of hydrogen-bond acceptors (Lipinski definition) is 5. The van der Waals surface area contributed by atoms with Crippen molar-refractivity contribution in [2.75, 3.05) is 14.2 Å². The highest BCUT2D eigenvalue weighted by Crippen LogP contribution is 2.31. The van der Waals surface area contributed by atoms with E-state index in [0.29, 0.717) is 22.4 Å². The van der Waals surface area contributed by atoms with Crippen LogP contribution in [0.1, 0.15) is 5.56 Å². The molecule has 2 N–H and O–H groups in total. The maximum Gasteiger partial charge on any atom is 0.252 e. The standard InChI is InChI=1S/C18H17FN2O5S/c1-25-16-8-11-7-12(18(22)21-15(11)9-17(16)26-2)10-20-27(23,24)14-5-3-13(19)4-6-14/h3-9,20H,10H2,1-2H3,(H,21,22). The SMILES string of the molecule is COc1cc2cc(CNS(=O)(=O)c3ccc(F)cc3)c(=O)[nH]c2cc1OC. The van der Waals surface area contributed by atoms with Crippen molar-refractivity contribution in [3.63, 3.8) is 0 Å². The zero-order valence-electron chi connectivity index (χ0n) is 14.6. The Morgan fingerprint density at radius 2 is 1.67 bits per heavy atom. The number of hydrogen-bond donors (Lipinski definition) is 2. The van der Waals surface area contributed by atoms with Gasteiger partial charge < -0.3 is 14.5 Å². The largest absolute Gasteiger partial charge is 0.493 e. The summed E-state index contributed by atoms with van der Waals surface area (Å²) in [5.41, 5.74) is 0.319. The zero-order chi connectivity index (χ0) is 19.6. The van der Waals surface area contributed by atoms with E-state index in [-0.39, 0.29) is 17.0 Å². The van der Waals surface area contributed by atoms with Gasteiger partial charge in [-0.25, -0.2) is 17.5 Å². The summed E-state index contributed by atoms with van der Waals surface area (Å²) in [6, 6.07) is 9.29. The summed E-state index contributed by atoms with van der Waals surface area (Å²) in [6.45, 7) is -0.223.